The van der Waals surface area contributed by atoms with Crippen LogP contribution in [0.1, 0.15) is 28.5 Å². The van der Waals surface area contributed by atoms with Gasteiger partial charge in [-0.1, -0.05) is 24.8 Å². The third-order valence-corrected chi connectivity index (χ3v) is 7.47. The van der Waals surface area contributed by atoms with E-state index in [1.807, 2.05) is 22.4 Å². The largest absolute Gasteiger partial charge is 0.268 e. The highest BCUT2D eigenvalue weighted by molar-refractivity contribution is 8.02. The van der Waals surface area contributed by atoms with Gasteiger partial charge in [0, 0.05) is 16.4 Å². The van der Waals surface area contributed by atoms with Gasteiger partial charge in [-0.2, -0.15) is 11.8 Å². The lowest BCUT2D eigenvalue weighted by Crippen LogP contribution is -2.22. The van der Waals surface area contributed by atoms with Crippen LogP contribution in [-0.2, 0) is 6.42 Å². The summed E-state index contributed by atoms with van der Waals surface area (Å²) in [5, 5.41) is 1.59. The van der Waals surface area contributed by atoms with E-state index >= 15 is 0 Å². The average molecular weight is 405 g/mol. The third-order valence-electron chi connectivity index (χ3n) is 4.62. The van der Waals surface area contributed by atoms with E-state index in [1.165, 1.54) is 16.0 Å². The Kier molecular flexibility index (Phi) is 6.15. The molecule has 1 aromatic carbocycles. The summed E-state index contributed by atoms with van der Waals surface area (Å²) in [7, 11) is 0. The van der Waals surface area contributed by atoms with Crippen LogP contribution in [0.15, 0.2) is 28.2 Å². The molecule has 3 nitrogen and oxygen atoms in total. The molecule has 0 aliphatic carbocycles. The Labute approximate surface area is 167 Å². The van der Waals surface area contributed by atoms with Crippen molar-refractivity contribution >= 4 is 45.1 Å². The summed E-state index contributed by atoms with van der Waals surface area (Å²) in [5.41, 5.74) is 4.52. The maximum Gasteiger partial charge on any atom is 0.267 e. The first-order chi connectivity index (χ1) is 12.5. The van der Waals surface area contributed by atoms with Gasteiger partial charge < -0.3 is 0 Å². The molecule has 26 heavy (non-hydrogen) atoms. The average Bonchev–Trinajstić information content (AvgIpc) is 2.93. The molecule has 3 aromatic rings. The highest BCUT2D eigenvalue weighted by Gasteiger charge is 2.19. The second-order valence-corrected chi connectivity index (χ2v) is 9.57. The lowest BCUT2D eigenvalue weighted by Gasteiger charge is -2.13. The Hall–Kier alpha value is -1.24. The van der Waals surface area contributed by atoms with E-state index in [0.717, 1.165) is 44.6 Å². The maximum atomic E-state index is 13.5. The van der Waals surface area contributed by atoms with Crippen molar-refractivity contribution in [2.45, 2.75) is 39.3 Å². The van der Waals surface area contributed by atoms with Gasteiger partial charge in [0.1, 0.15) is 4.83 Å². The molecule has 6 heteroatoms. The molecule has 0 fully saturated rings. The molecule has 0 spiro atoms. The van der Waals surface area contributed by atoms with E-state index in [-0.39, 0.29) is 5.56 Å². The van der Waals surface area contributed by atoms with Crippen molar-refractivity contribution in [3.8, 4) is 5.69 Å². The minimum absolute atomic E-state index is 0.0612. The van der Waals surface area contributed by atoms with Crippen LogP contribution in [0.5, 0.6) is 0 Å². The van der Waals surface area contributed by atoms with Crippen molar-refractivity contribution in [2.24, 2.45) is 0 Å². The fourth-order valence-electron chi connectivity index (χ4n) is 3.03. The number of thiophene rings is 1. The smallest absolute Gasteiger partial charge is 0.267 e. The first kappa shape index (κ1) is 19.5. The van der Waals surface area contributed by atoms with Gasteiger partial charge in [-0.3, -0.25) is 9.36 Å². The summed E-state index contributed by atoms with van der Waals surface area (Å²) in [5.74, 6) is 1.98. The minimum Gasteiger partial charge on any atom is -0.268 e. The van der Waals surface area contributed by atoms with Gasteiger partial charge >= 0.3 is 0 Å². The van der Waals surface area contributed by atoms with Crippen molar-refractivity contribution in [3.63, 3.8) is 0 Å². The molecule has 0 radical (unpaired) electrons. The first-order valence-electron chi connectivity index (χ1n) is 8.72. The summed E-state index contributed by atoms with van der Waals surface area (Å²) in [6.07, 6.45) is 2.96. The van der Waals surface area contributed by atoms with Crippen LogP contribution in [0.4, 0.5) is 0 Å². The normalized spacial score (nSPS) is 11.4. The van der Waals surface area contributed by atoms with Crippen molar-refractivity contribution in [3.05, 3.63) is 50.1 Å². The van der Waals surface area contributed by atoms with Crippen molar-refractivity contribution in [2.75, 3.05) is 17.8 Å². The predicted molar refractivity (Wildman–Crippen MR) is 118 cm³/mol. The number of thioether (sulfide) groups is 2. The number of nitrogens with zero attached hydrogens (tertiary/aromatic N) is 2. The molecule has 0 amide bonds. The zero-order valence-corrected chi connectivity index (χ0v) is 18.3. The summed E-state index contributed by atoms with van der Waals surface area (Å²) in [6.45, 7) is 8.37. The van der Waals surface area contributed by atoms with Crippen molar-refractivity contribution in [1.29, 1.82) is 0 Å². The molecular weight excluding hydrogens is 380 g/mol. The highest BCUT2D eigenvalue weighted by Crippen LogP contribution is 2.31. The standard InChI is InChI=1S/C20H24N2OS3/c1-6-16-14(4)26-18-17(16)19(23)22(20(21-18)25-10-9-24-5)15-8-7-12(2)13(3)11-15/h7-8,11H,6,9-10H2,1-5H3. The molecule has 0 saturated heterocycles. The molecule has 3 rings (SSSR count). The fraction of sp³-hybridized carbons (Fsp3) is 0.400. The van der Waals surface area contributed by atoms with Gasteiger partial charge in [-0.25, -0.2) is 4.98 Å². The molecule has 0 atom stereocenters. The van der Waals surface area contributed by atoms with Crippen LogP contribution < -0.4 is 5.56 Å². The Morgan fingerprint density at radius 2 is 1.92 bits per heavy atom. The monoisotopic (exact) mass is 404 g/mol. The Morgan fingerprint density at radius 1 is 1.15 bits per heavy atom. The van der Waals surface area contributed by atoms with Gasteiger partial charge in [0.05, 0.1) is 11.1 Å². The van der Waals surface area contributed by atoms with E-state index in [9.17, 15) is 4.79 Å². The summed E-state index contributed by atoms with van der Waals surface area (Å²) in [4.78, 5) is 20.5. The summed E-state index contributed by atoms with van der Waals surface area (Å²) < 4.78 is 1.81. The number of hydrogen-bond acceptors (Lipinski definition) is 5. The summed E-state index contributed by atoms with van der Waals surface area (Å²) in [6, 6.07) is 6.20. The number of aryl methyl sites for hydroxylation is 4. The third kappa shape index (κ3) is 3.59. The summed E-state index contributed by atoms with van der Waals surface area (Å²) >= 11 is 5.11. The Bertz CT molecular complexity index is 1000. The van der Waals surface area contributed by atoms with E-state index in [1.54, 1.807) is 23.1 Å². The Balaban J connectivity index is 2.28. The van der Waals surface area contributed by atoms with E-state index in [4.69, 9.17) is 4.98 Å². The van der Waals surface area contributed by atoms with E-state index < -0.39 is 0 Å². The van der Waals surface area contributed by atoms with E-state index in [0.29, 0.717) is 0 Å². The molecule has 0 aliphatic rings. The predicted octanol–water partition coefficient (Wildman–Crippen LogP) is 5.39. The van der Waals surface area contributed by atoms with Gasteiger partial charge in [0.25, 0.3) is 5.56 Å². The van der Waals surface area contributed by atoms with Gasteiger partial charge in [0.2, 0.25) is 0 Å². The topological polar surface area (TPSA) is 34.9 Å². The fourth-order valence-corrected chi connectivity index (χ4v) is 5.85. The molecule has 2 aromatic heterocycles. The first-order valence-corrected chi connectivity index (χ1v) is 11.9. The van der Waals surface area contributed by atoms with Crippen LogP contribution in [-0.4, -0.2) is 27.3 Å². The van der Waals surface area contributed by atoms with Gasteiger partial charge in [-0.15, -0.1) is 11.3 Å². The number of rotatable bonds is 6. The number of hydrogen-bond donors (Lipinski definition) is 0. The molecule has 0 aliphatic heterocycles. The van der Waals surface area contributed by atoms with Crippen LogP contribution in [0, 0.1) is 20.8 Å². The SMILES string of the molecule is CCc1c(C)sc2nc(SCCSC)n(-c3ccc(C)c(C)c3)c(=O)c12. The quantitative estimate of drug-likeness (QED) is 0.313. The van der Waals surface area contributed by atoms with Crippen LogP contribution in [0.3, 0.4) is 0 Å². The number of fused-ring (bicyclic) bond motifs is 1. The van der Waals surface area contributed by atoms with Crippen LogP contribution >= 0.6 is 34.9 Å². The second-order valence-electron chi connectivity index (χ2n) is 6.32. The maximum absolute atomic E-state index is 13.5. The van der Waals surface area contributed by atoms with Crippen LogP contribution in [0.2, 0.25) is 0 Å². The molecule has 0 saturated carbocycles. The molecule has 0 bridgehead atoms. The second kappa shape index (κ2) is 8.19. The Morgan fingerprint density at radius 3 is 2.58 bits per heavy atom. The molecule has 0 N–H and O–H groups in total. The van der Waals surface area contributed by atoms with Crippen LogP contribution in [0.25, 0.3) is 15.9 Å². The number of benzene rings is 1. The number of aromatic nitrogens is 2. The molecular formula is C20H24N2OS3. The van der Waals surface area contributed by atoms with E-state index in [2.05, 4.69) is 46.1 Å². The van der Waals surface area contributed by atoms with Gasteiger partial charge in [-0.05, 0) is 62.3 Å². The zero-order chi connectivity index (χ0) is 18.8. The zero-order valence-electron chi connectivity index (χ0n) is 15.9. The lowest BCUT2D eigenvalue weighted by atomic mass is 10.1. The van der Waals surface area contributed by atoms with Crippen molar-refractivity contribution in [1.82, 2.24) is 9.55 Å². The molecule has 138 valence electrons. The minimum atomic E-state index is 0.0612. The lowest BCUT2D eigenvalue weighted by molar-refractivity contribution is 0.820. The molecule has 0 unspecified atom stereocenters. The highest BCUT2D eigenvalue weighted by atomic mass is 32.2. The van der Waals surface area contributed by atoms with Gasteiger partial charge in [0.15, 0.2) is 5.16 Å². The van der Waals surface area contributed by atoms with Crippen molar-refractivity contribution < 1.29 is 0 Å². The molecule has 2 heterocycles.